The first-order valence-corrected chi connectivity index (χ1v) is 11.9. The summed E-state index contributed by atoms with van der Waals surface area (Å²) in [6.45, 7) is 0. The molecule has 0 bridgehead atoms. The molecule has 10 nitrogen and oxygen atoms in total. The average Bonchev–Trinajstić information content (AvgIpc) is 3.56. The number of rotatable bonds is 6. The predicted molar refractivity (Wildman–Crippen MR) is 142 cm³/mol. The maximum atomic E-state index is 13.4. The van der Waals surface area contributed by atoms with Gasteiger partial charge in [-0.3, -0.25) is 9.59 Å². The SMILES string of the molecule is Cn1c(C(=O)Nc2ccc(C#N)cc2-c2nnn[nH]2)cc2c(Br)ccc(NC(=O)Cc3ccccc3)c21. The van der Waals surface area contributed by atoms with E-state index in [0.717, 1.165) is 15.4 Å². The molecule has 0 fully saturated rings. The molecular formula is C26H19BrN8O2. The number of aromatic nitrogens is 5. The first-order valence-electron chi connectivity index (χ1n) is 11.2. The van der Waals surface area contributed by atoms with Gasteiger partial charge >= 0.3 is 0 Å². The minimum absolute atomic E-state index is 0.162. The van der Waals surface area contributed by atoms with Crippen molar-refractivity contribution in [2.75, 3.05) is 10.6 Å². The molecule has 182 valence electrons. The van der Waals surface area contributed by atoms with Crippen molar-refractivity contribution in [2.24, 2.45) is 7.05 Å². The Morgan fingerprint density at radius 1 is 1.05 bits per heavy atom. The van der Waals surface area contributed by atoms with Gasteiger partial charge in [-0.05, 0) is 52.4 Å². The largest absolute Gasteiger partial charge is 0.338 e. The van der Waals surface area contributed by atoms with Crippen molar-refractivity contribution in [3.8, 4) is 17.5 Å². The molecule has 0 saturated heterocycles. The highest BCUT2D eigenvalue weighted by atomic mass is 79.9. The van der Waals surface area contributed by atoms with E-state index in [0.29, 0.717) is 39.5 Å². The highest BCUT2D eigenvalue weighted by Crippen LogP contribution is 2.34. The van der Waals surface area contributed by atoms with Crippen LogP contribution in [0, 0.1) is 11.3 Å². The Morgan fingerprint density at radius 3 is 2.57 bits per heavy atom. The van der Waals surface area contributed by atoms with Gasteiger partial charge in [0.2, 0.25) is 5.91 Å². The number of benzene rings is 3. The molecule has 3 aromatic carbocycles. The van der Waals surface area contributed by atoms with E-state index in [4.69, 9.17) is 0 Å². The average molecular weight is 555 g/mol. The highest BCUT2D eigenvalue weighted by Gasteiger charge is 2.20. The van der Waals surface area contributed by atoms with Crippen molar-refractivity contribution in [3.63, 3.8) is 0 Å². The summed E-state index contributed by atoms with van der Waals surface area (Å²) < 4.78 is 2.51. The standard InChI is InChI=1S/C26H19BrN8O2/c1-35-22(26(37)30-20-9-7-16(14-28)11-18(20)25-31-33-34-32-25)13-17-19(27)8-10-21(24(17)35)29-23(36)12-15-5-3-2-4-6-15/h2-11,13H,12H2,1H3,(H,29,36)(H,30,37)(H,31,32,33,34). The molecule has 0 aliphatic carbocycles. The normalized spacial score (nSPS) is 10.7. The van der Waals surface area contributed by atoms with Gasteiger partial charge in [-0.25, -0.2) is 5.10 Å². The maximum Gasteiger partial charge on any atom is 0.272 e. The lowest BCUT2D eigenvalue weighted by molar-refractivity contribution is -0.115. The summed E-state index contributed by atoms with van der Waals surface area (Å²) in [6, 6.07) is 21.7. The van der Waals surface area contributed by atoms with Crippen molar-refractivity contribution in [3.05, 3.63) is 88.0 Å². The van der Waals surface area contributed by atoms with E-state index in [2.05, 4.69) is 53.3 Å². The molecule has 0 aliphatic rings. The third kappa shape index (κ3) is 4.82. The van der Waals surface area contributed by atoms with Crippen LogP contribution in [0.15, 0.2) is 71.2 Å². The van der Waals surface area contributed by atoms with Gasteiger partial charge in [0.1, 0.15) is 5.69 Å². The Bertz CT molecular complexity index is 1670. The van der Waals surface area contributed by atoms with Crippen LogP contribution in [-0.4, -0.2) is 37.0 Å². The van der Waals surface area contributed by atoms with Crippen molar-refractivity contribution >= 4 is 50.0 Å². The number of aromatic amines is 1. The van der Waals surface area contributed by atoms with E-state index in [-0.39, 0.29) is 18.2 Å². The lowest BCUT2D eigenvalue weighted by atomic mass is 10.1. The number of tetrazole rings is 1. The molecule has 2 aromatic heterocycles. The van der Waals surface area contributed by atoms with Crippen LogP contribution in [0.4, 0.5) is 11.4 Å². The van der Waals surface area contributed by atoms with Gasteiger partial charge in [0.05, 0.1) is 34.9 Å². The topological polar surface area (TPSA) is 141 Å². The minimum atomic E-state index is -0.384. The molecule has 0 aliphatic heterocycles. The number of anilines is 2. The Kier molecular flexibility index (Phi) is 6.49. The number of amides is 2. The van der Waals surface area contributed by atoms with Gasteiger partial charge in [-0.1, -0.05) is 46.3 Å². The number of nitrogens with one attached hydrogen (secondary N) is 3. The maximum absolute atomic E-state index is 13.4. The molecule has 0 atom stereocenters. The Labute approximate surface area is 219 Å². The molecule has 2 heterocycles. The smallest absolute Gasteiger partial charge is 0.272 e. The van der Waals surface area contributed by atoms with E-state index in [1.54, 1.807) is 41.9 Å². The number of halogens is 1. The zero-order chi connectivity index (χ0) is 25.9. The van der Waals surface area contributed by atoms with E-state index in [1.807, 2.05) is 36.4 Å². The van der Waals surface area contributed by atoms with Gasteiger partial charge in [0, 0.05) is 22.5 Å². The molecule has 2 amide bonds. The van der Waals surface area contributed by atoms with Crippen molar-refractivity contribution in [2.45, 2.75) is 6.42 Å². The summed E-state index contributed by atoms with van der Waals surface area (Å²) in [5.74, 6) is -0.230. The summed E-state index contributed by atoms with van der Waals surface area (Å²) in [6.07, 6.45) is 0.230. The van der Waals surface area contributed by atoms with Crippen LogP contribution in [-0.2, 0) is 18.3 Å². The number of H-pyrrole nitrogens is 1. The second kappa shape index (κ2) is 10.0. The molecule has 0 radical (unpaired) electrons. The fraction of sp³-hybridized carbons (Fsp3) is 0.0769. The van der Waals surface area contributed by atoms with Crippen LogP contribution in [0.5, 0.6) is 0 Å². The van der Waals surface area contributed by atoms with Crippen LogP contribution in [0.3, 0.4) is 0 Å². The second-order valence-electron chi connectivity index (χ2n) is 8.23. The number of carbonyl (C=O) groups excluding carboxylic acids is 2. The molecular weight excluding hydrogens is 536 g/mol. The predicted octanol–water partition coefficient (Wildman–Crippen LogP) is 4.43. The van der Waals surface area contributed by atoms with E-state index >= 15 is 0 Å². The highest BCUT2D eigenvalue weighted by molar-refractivity contribution is 9.10. The molecule has 0 unspecified atom stereocenters. The van der Waals surface area contributed by atoms with Gasteiger partial charge in [0.25, 0.3) is 5.91 Å². The molecule has 5 aromatic rings. The zero-order valence-electron chi connectivity index (χ0n) is 19.5. The lowest BCUT2D eigenvalue weighted by Crippen LogP contribution is -2.17. The summed E-state index contributed by atoms with van der Waals surface area (Å²) in [5.41, 5.74) is 3.86. The molecule has 3 N–H and O–H groups in total. The van der Waals surface area contributed by atoms with Crippen LogP contribution < -0.4 is 10.6 Å². The van der Waals surface area contributed by atoms with Crippen molar-refractivity contribution in [1.29, 1.82) is 5.26 Å². The molecule has 5 rings (SSSR count). The van der Waals surface area contributed by atoms with Crippen LogP contribution in [0.25, 0.3) is 22.3 Å². The van der Waals surface area contributed by atoms with Gasteiger partial charge in [0.15, 0.2) is 5.82 Å². The van der Waals surface area contributed by atoms with Gasteiger partial charge in [-0.2, -0.15) is 5.26 Å². The summed E-state index contributed by atoms with van der Waals surface area (Å²) in [4.78, 5) is 26.2. The Balaban J connectivity index is 1.47. The van der Waals surface area contributed by atoms with Crippen molar-refractivity contribution < 1.29 is 9.59 Å². The number of hydrogen-bond donors (Lipinski definition) is 3. The summed E-state index contributed by atoms with van der Waals surface area (Å²) >= 11 is 3.55. The number of hydrogen-bond acceptors (Lipinski definition) is 6. The third-order valence-corrected chi connectivity index (χ3v) is 6.54. The third-order valence-electron chi connectivity index (χ3n) is 5.85. The molecule has 0 spiro atoms. The fourth-order valence-corrected chi connectivity index (χ4v) is 4.54. The number of carbonyl (C=O) groups is 2. The zero-order valence-corrected chi connectivity index (χ0v) is 21.1. The van der Waals surface area contributed by atoms with Crippen LogP contribution in [0.2, 0.25) is 0 Å². The monoisotopic (exact) mass is 554 g/mol. The van der Waals surface area contributed by atoms with Crippen LogP contribution >= 0.6 is 15.9 Å². The molecule has 37 heavy (non-hydrogen) atoms. The van der Waals surface area contributed by atoms with Gasteiger partial charge in [-0.15, -0.1) is 5.10 Å². The number of aryl methyl sites for hydroxylation is 1. The Morgan fingerprint density at radius 2 is 1.84 bits per heavy atom. The van der Waals surface area contributed by atoms with E-state index in [1.165, 1.54) is 0 Å². The second-order valence-corrected chi connectivity index (χ2v) is 9.09. The quantitative estimate of drug-likeness (QED) is 0.283. The van der Waals surface area contributed by atoms with E-state index < -0.39 is 0 Å². The van der Waals surface area contributed by atoms with Crippen molar-refractivity contribution in [1.82, 2.24) is 25.2 Å². The van der Waals surface area contributed by atoms with Gasteiger partial charge < -0.3 is 15.2 Å². The first-order chi connectivity index (χ1) is 17.9. The first kappa shape index (κ1) is 23.9. The molecule has 0 saturated carbocycles. The fourth-order valence-electron chi connectivity index (χ4n) is 4.11. The number of nitrogens with zero attached hydrogens (tertiary/aromatic N) is 5. The number of nitriles is 1. The Hall–Kier alpha value is -4.82. The minimum Gasteiger partial charge on any atom is -0.338 e. The van der Waals surface area contributed by atoms with Crippen LogP contribution in [0.1, 0.15) is 21.6 Å². The summed E-state index contributed by atoms with van der Waals surface area (Å²) in [7, 11) is 1.76. The summed E-state index contributed by atoms with van der Waals surface area (Å²) in [5, 5.41) is 29.7. The van der Waals surface area contributed by atoms with E-state index in [9.17, 15) is 14.9 Å². The lowest BCUT2D eigenvalue weighted by Gasteiger charge is -2.12. The number of fused-ring (bicyclic) bond motifs is 1. The molecule has 11 heteroatoms.